The zero-order valence-electron chi connectivity index (χ0n) is 21.6. The molecule has 12 heteroatoms. The summed E-state index contributed by atoms with van der Waals surface area (Å²) in [5.74, 6) is 1.95. The number of fused-ring (bicyclic) bond motifs is 1. The number of nitrogens with zero attached hydrogens (tertiary/aromatic N) is 4. The first kappa shape index (κ1) is 28.7. The summed E-state index contributed by atoms with van der Waals surface area (Å²) in [5.41, 5.74) is 1.09. The minimum atomic E-state index is -0.223. The van der Waals surface area contributed by atoms with Crippen molar-refractivity contribution >= 4 is 52.6 Å². The zero-order valence-corrected chi connectivity index (χ0v) is 23.9. The van der Waals surface area contributed by atoms with Crippen molar-refractivity contribution in [2.45, 2.75) is 25.8 Å². The van der Waals surface area contributed by atoms with E-state index in [9.17, 15) is 4.79 Å². The second-order valence-corrected chi connectivity index (χ2v) is 10.3. The van der Waals surface area contributed by atoms with Crippen LogP contribution in [0.3, 0.4) is 0 Å². The first-order valence-electron chi connectivity index (χ1n) is 12.7. The van der Waals surface area contributed by atoms with Crippen LogP contribution in [0, 0.1) is 5.92 Å². The topological polar surface area (TPSA) is 93.5 Å². The highest BCUT2D eigenvalue weighted by molar-refractivity contribution is 6.41. The van der Waals surface area contributed by atoms with E-state index in [0.29, 0.717) is 46.7 Å². The molecule has 2 aliphatic rings. The summed E-state index contributed by atoms with van der Waals surface area (Å²) in [5, 5.41) is 7.92. The van der Waals surface area contributed by atoms with Crippen molar-refractivity contribution in [3.63, 3.8) is 0 Å². The Morgan fingerprint density at radius 1 is 1.08 bits per heavy atom. The van der Waals surface area contributed by atoms with Crippen LogP contribution in [0.25, 0.3) is 22.2 Å². The Bertz CT molecular complexity index is 1310. The predicted molar refractivity (Wildman–Crippen MR) is 155 cm³/mol. The highest BCUT2D eigenvalue weighted by Crippen LogP contribution is 2.45. The second kappa shape index (κ2) is 12.7. The number of anilines is 1. The lowest BCUT2D eigenvalue weighted by atomic mass is 10.0. The van der Waals surface area contributed by atoms with Crippen molar-refractivity contribution in [3.8, 4) is 22.6 Å². The maximum atomic E-state index is 14.0. The molecule has 0 unspecified atom stereocenters. The van der Waals surface area contributed by atoms with Gasteiger partial charge in [-0.05, 0) is 37.8 Å². The highest BCUT2D eigenvalue weighted by Gasteiger charge is 2.24. The van der Waals surface area contributed by atoms with Gasteiger partial charge in [-0.25, -0.2) is 4.98 Å². The third-order valence-electron chi connectivity index (χ3n) is 6.98. The molecule has 0 atom stereocenters. The van der Waals surface area contributed by atoms with Crippen LogP contribution in [0.1, 0.15) is 19.3 Å². The molecule has 1 aliphatic heterocycles. The van der Waals surface area contributed by atoms with Crippen molar-refractivity contribution < 1.29 is 9.47 Å². The number of halogens is 3. The first-order chi connectivity index (χ1) is 18.0. The van der Waals surface area contributed by atoms with Gasteiger partial charge in [0.15, 0.2) is 0 Å². The van der Waals surface area contributed by atoms with Gasteiger partial charge in [0.1, 0.15) is 17.1 Å². The summed E-state index contributed by atoms with van der Waals surface area (Å²) in [7, 11) is 3.02. The van der Waals surface area contributed by atoms with Crippen LogP contribution in [0.4, 0.5) is 5.95 Å². The lowest BCUT2D eigenvalue weighted by Crippen LogP contribution is -2.44. The molecule has 2 fully saturated rings. The Morgan fingerprint density at radius 3 is 2.39 bits per heavy atom. The van der Waals surface area contributed by atoms with Gasteiger partial charge in [0.05, 0.1) is 29.8 Å². The van der Waals surface area contributed by atoms with E-state index in [4.69, 9.17) is 37.7 Å². The number of nitrogens with one attached hydrogen (secondary N) is 2. The van der Waals surface area contributed by atoms with E-state index in [-0.39, 0.29) is 28.0 Å². The molecule has 3 aromatic rings. The Labute approximate surface area is 238 Å². The van der Waals surface area contributed by atoms with Crippen molar-refractivity contribution in [1.29, 1.82) is 0 Å². The highest BCUT2D eigenvalue weighted by atomic mass is 35.5. The molecule has 206 valence electrons. The van der Waals surface area contributed by atoms with Gasteiger partial charge in [0, 0.05) is 62.5 Å². The maximum Gasteiger partial charge on any atom is 0.260 e. The molecule has 5 rings (SSSR count). The van der Waals surface area contributed by atoms with E-state index < -0.39 is 0 Å². The minimum absolute atomic E-state index is 0. The zero-order chi connectivity index (χ0) is 25.9. The third kappa shape index (κ3) is 6.13. The summed E-state index contributed by atoms with van der Waals surface area (Å²) < 4.78 is 12.6. The van der Waals surface area contributed by atoms with E-state index in [1.54, 1.807) is 22.9 Å². The second-order valence-electron chi connectivity index (χ2n) is 9.54. The molecule has 0 radical (unpaired) electrons. The summed E-state index contributed by atoms with van der Waals surface area (Å²) in [6, 6.07) is 3.36. The van der Waals surface area contributed by atoms with E-state index in [0.717, 1.165) is 51.1 Å². The fraction of sp³-hybridized carbons (Fsp3) is 0.500. The van der Waals surface area contributed by atoms with Crippen LogP contribution >= 0.6 is 35.6 Å². The largest absolute Gasteiger partial charge is 0.495 e. The standard InChI is InChI=1S/C26H32Cl2N6O3.ClH/c1-36-19-13-20(37-2)23(28)21(22(19)27)18-12-17-15-31-26(30-14-16-4-5-16)32-24(17)34(25(18)35)9-3-8-33-10-6-29-7-11-33;/h12-13,15-16,29H,3-11,14H2,1-2H3,(H,30,31,32);1H. The Hall–Kier alpha value is -2.30. The van der Waals surface area contributed by atoms with Crippen molar-refractivity contribution in [2.75, 3.05) is 58.8 Å². The smallest absolute Gasteiger partial charge is 0.260 e. The quantitative estimate of drug-likeness (QED) is 0.365. The van der Waals surface area contributed by atoms with Gasteiger partial charge in [-0.1, -0.05) is 23.2 Å². The number of pyridine rings is 1. The van der Waals surface area contributed by atoms with Gasteiger partial charge in [0.2, 0.25) is 5.95 Å². The predicted octanol–water partition coefficient (Wildman–Crippen LogP) is 4.32. The number of hydrogen-bond acceptors (Lipinski definition) is 8. The summed E-state index contributed by atoms with van der Waals surface area (Å²) in [6.07, 6.45) is 5.00. The number of methoxy groups -OCH3 is 2. The Kier molecular flexibility index (Phi) is 9.59. The van der Waals surface area contributed by atoms with E-state index in [1.165, 1.54) is 27.1 Å². The molecule has 2 aromatic heterocycles. The number of piperazine rings is 1. The molecule has 1 aliphatic carbocycles. The SMILES string of the molecule is COc1cc(OC)c(Cl)c(-c2cc3cnc(NCC4CC4)nc3n(CCCN3CCNCC3)c2=O)c1Cl.Cl. The molecule has 1 aromatic carbocycles. The van der Waals surface area contributed by atoms with Gasteiger partial charge in [-0.3, -0.25) is 9.36 Å². The number of aryl methyl sites for hydroxylation is 1. The number of aromatic nitrogens is 3. The minimum Gasteiger partial charge on any atom is -0.495 e. The molecule has 9 nitrogen and oxygen atoms in total. The van der Waals surface area contributed by atoms with Gasteiger partial charge in [-0.2, -0.15) is 4.98 Å². The van der Waals surface area contributed by atoms with Crippen LogP contribution < -0.4 is 25.7 Å². The lowest BCUT2D eigenvalue weighted by molar-refractivity contribution is 0.234. The Balaban J connectivity index is 0.00000336. The normalized spacial score (nSPS) is 15.8. The van der Waals surface area contributed by atoms with Crippen molar-refractivity contribution in [3.05, 3.63) is 38.7 Å². The average molecular weight is 584 g/mol. The molecule has 2 N–H and O–H groups in total. The molecule has 1 saturated heterocycles. The number of ether oxygens (including phenoxy) is 2. The van der Waals surface area contributed by atoms with Crippen LogP contribution in [-0.2, 0) is 6.54 Å². The summed E-state index contributed by atoms with van der Waals surface area (Å²) in [4.78, 5) is 25.7. The van der Waals surface area contributed by atoms with Crippen LogP contribution in [0.15, 0.2) is 23.1 Å². The van der Waals surface area contributed by atoms with Gasteiger partial charge in [-0.15, -0.1) is 12.4 Å². The average Bonchev–Trinajstić information content (AvgIpc) is 3.75. The monoisotopic (exact) mass is 582 g/mol. The van der Waals surface area contributed by atoms with E-state index >= 15 is 0 Å². The first-order valence-corrected chi connectivity index (χ1v) is 13.4. The fourth-order valence-electron chi connectivity index (χ4n) is 4.70. The molecule has 1 saturated carbocycles. The van der Waals surface area contributed by atoms with Crippen LogP contribution in [-0.4, -0.2) is 72.9 Å². The van der Waals surface area contributed by atoms with Crippen molar-refractivity contribution in [2.24, 2.45) is 5.92 Å². The number of hydrogen-bond donors (Lipinski definition) is 2. The van der Waals surface area contributed by atoms with E-state index in [1.807, 2.05) is 0 Å². The fourth-order valence-corrected chi connectivity index (χ4v) is 5.40. The lowest BCUT2D eigenvalue weighted by Gasteiger charge is -2.27. The third-order valence-corrected chi connectivity index (χ3v) is 7.73. The van der Waals surface area contributed by atoms with Gasteiger partial charge in [0.25, 0.3) is 5.56 Å². The van der Waals surface area contributed by atoms with Gasteiger partial charge >= 0.3 is 0 Å². The molecule has 0 spiro atoms. The molecule has 0 amide bonds. The molecule has 38 heavy (non-hydrogen) atoms. The van der Waals surface area contributed by atoms with Crippen LogP contribution in [0.2, 0.25) is 10.0 Å². The molecular formula is C26H33Cl3N6O3. The summed E-state index contributed by atoms with van der Waals surface area (Å²) in [6.45, 7) is 6.21. The summed E-state index contributed by atoms with van der Waals surface area (Å²) >= 11 is 13.4. The van der Waals surface area contributed by atoms with Crippen molar-refractivity contribution in [1.82, 2.24) is 24.8 Å². The van der Waals surface area contributed by atoms with Crippen LogP contribution in [0.5, 0.6) is 11.5 Å². The Morgan fingerprint density at radius 2 is 1.76 bits per heavy atom. The maximum absolute atomic E-state index is 14.0. The number of rotatable bonds is 10. The van der Waals surface area contributed by atoms with Gasteiger partial charge < -0.3 is 25.0 Å². The molecule has 0 bridgehead atoms. The number of benzene rings is 1. The van der Waals surface area contributed by atoms with E-state index in [2.05, 4.69) is 20.5 Å². The molecule has 3 heterocycles. The molecular weight excluding hydrogens is 551 g/mol.